The lowest BCUT2D eigenvalue weighted by molar-refractivity contribution is -0.894. The van der Waals surface area contributed by atoms with Gasteiger partial charge in [-0.3, -0.25) is 0 Å². The van der Waals surface area contributed by atoms with Crippen molar-refractivity contribution in [2.45, 2.75) is 25.4 Å². The average Bonchev–Trinajstić information content (AvgIpc) is 2.30. The van der Waals surface area contributed by atoms with E-state index in [-0.39, 0.29) is 5.82 Å². The SMILES string of the molecule is C[NH+]1CCC([NH2+]Cc2ccc(F)cc2)CC1. The minimum Gasteiger partial charge on any atom is -0.340 e. The molecule has 1 aliphatic rings. The Morgan fingerprint density at radius 1 is 1.25 bits per heavy atom. The number of hydrogen-bond acceptors (Lipinski definition) is 0. The van der Waals surface area contributed by atoms with E-state index in [1.54, 1.807) is 17.0 Å². The van der Waals surface area contributed by atoms with E-state index in [4.69, 9.17) is 0 Å². The summed E-state index contributed by atoms with van der Waals surface area (Å²) in [5.41, 5.74) is 1.22. The van der Waals surface area contributed by atoms with Crippen molar-refractivity contribution in [3.8, 4) is 0 Å². The number of quaternary nitrogens is 2. The number of benzene rings is 1. The molecule has 16 heavy (non-hydrogen) atoms. The van der Waals surface area contributed by atoms with E-state index in [1.807, 2.05) is 12.1 Å². The highest BCUT2D eigenvalue weighted by molar-refractivity contribution is 5.14. The summed E-state index contributed by atoms with van der Waals surface area (Å²) >= 11 is 0. The summed E-state index contributed by atoms with van der Waals surface area (Å²) in [6.07, 6.45) is 2.60. The van der Waals surface area contributed by atoms with Gasteiger partial charge >= 0.3 is 0 Å². The molecule has 1 aromatic carbocycles. The molecule has 88 valence electrons. The minimum absolute atomic E-state index is 0.147. The zero-order chi connectivity index (χ0) is 11.4. The minimum atomic E-state index is -0.147. The fourth-order valence-corrected chi connectivity index (χ4v) is 2.29. The van der Waals surface area contributed by atoms with Gasteiger partial charge in [0, 0.05) is 18.4 Å². The van der Waals surface area contributed by atoms with Crippen LogP contribution >= 0.6 is 0 Å². The molecule has 3 heteroatoms. The molecule has 1 saturated heterocycles. The summed E-state index contributed by atoms with van der Waals surface area (Å²) in [6, 6.07) is 7.61. The summed E-state index contributed by atoms with van der Waals surface area (Å²) in [4.78, 5) is 1.64. The van der Waals surface area contributed by atoms with Crippen LogP contribution in [-0.2, 0) is 6.54 Å². The number of nitrogens with one attached hydrogen (secondary N) is 1. The summed E-state index contributed by atoms with van der Waals surface area (Å²) < 4.78 is 12.7. The second-order valence-electron chi connectivity index (χ2n) is 4.86. The third-order valence-corrected chi connectivity index (χ3v) is 3.48. The Bertz CT molecular complexity index is 315. The summed E-state index contributed by atoms with van der Waals surface area (Å²) in [6.45, 7) is 3.54. The molecular formula is C13H21FN2+2. The lowest BCUT2D eigenvalue weighted by Crippen LogP contribution is -3.12. The van der Waals surface area contributed by atoms with Gasteiger partial charge in [-0.15, -0.1) is 0 Å². The van der Waals surface area contributed by atoms with Crippen LogP contribution in [0.5, 0.6) is 0 Å². The van der Waals surface area contributed by atoms with E-state index in [0.717, 1.165) is 12.6 Å². The van der Waals surface area contributed by atoms with Crippen LogP contribution in [-0.4, -0.2) is 26.2 Å². The molecule has 1 fully saturated rings. The quantitative estimate of drug-likeness (QED) is 0.695. The Kier molecular flexibility index (Phi) is 3.91. The summed E-state index contributed by atoms with van der Waals surface area (Å²) in [7, 11) is 2.26. The van der Waals surface area contributed by atoms with Crippen LogP contribution in [0.2, 0.25) is 0 Å². The van der Waals surface area contributed by atoms with Crippen LogP contribution in [0.25, 0.3) is 0 Å². The maximum absolute atomic E-state index is 12.7. The molecule has 2 rings (SSSR count). The molecule has 0 amide bonds. The Balaban J connectivity index is 1.77. The van der Waals surface area contributed by atoms with Gasteiger partial charge in [-0.25, -0.2) is 4.39 Å². The maximum Gasteiger partial charge on any atom is 0.123 e. The van der Waals surface area contributed by atoms with Gasteiger partial charge in [-0.05, 0) is 12.1 Å². The van der Waals surface area contributed by atoms with Crippen LogP contribution in [0.4, 0.5) is 4.39 Å². The van der Waals surface area contributed by atoms with Crippen molar-refractivity contribution in [2.24, 2.45) is 0 Å². The van der Waals surface area contributed by atoms with Crippen molar-refractivity contribution in [1.82, 2.24) is 0 Å². The Morgan fingerprint density at radius 3 is 2.50 bits per heavy atom. The monoisotopic (exact) mass is 224 g/mol. The highest BCUT2D eigenvalue weighted by Crippen LogP contribution is 2.01. The third kappa shape index (κ3) is 3.29. The van der Waals surface area contributed by atoms with Gasteiger partial charge in [0.1, 0.15) is 12.4 Å². The molecule has 1 aromatic rings. The lowest BCUT2D eigenvalue weighted by Gasteiger charge is -2.24. The van der Waals surface area contributed by atoms with Crippen molar-refractivity contribution in [3.63, 3.8) is 0 Å². The molecule has 1 heterocycles. The molecule has 0 unspecified atom stereocenters. The molecule has 0 spiro atoms. The first-order valence-electron chi connectivity index (χ1n) is 6.13. The van der Waals surface area contributed by atoms with Gasteiger partial charge in [0.05, 0.1) is 26.2 Å². The number of hydrogen-bond donors (Lipinski definition) is 2. The van der Waals surface area contributed by atoms with Gasteiger partial charge in [-0.2, -0.15) is 0 Å². The topological polar surface area (TPSA) is 21.1 Å². The maximum atomic E-state index is 12.7. The predicted octanol–water partition coefficient (Wildman–Crippen LogP) is -0.434. The van der Waals surface area contributed by atoms with Crippen molar-refractivity contribution >= 4 is 0 Å². The Labute approximate surface area is 96.5 Å². The molecular weight excluding hydrogens is 203 g/mol. The van der Waals surface area contributed by atoms with E-state index < -0.39 is 0 Å². The molecule has 0 aromatic heterocycles. The zero-order valence-electron chi connectivity index (χ0n) is 9.88. The van der Waals surface area contributed by atoms with Crippen LogP contribution in [0.3, 0.4) is 0 Å². The van der Waals surface area contributed by atoms with E-state index in [1.165, 1.54) is 31.5 Å². The van der Waals surface area contributed by atoms with Crippen LogP contribution < -0.4 is 10.2 Å². The summed E-state index contributed by atoms with van der Waals surface area (Å²) in [5.74, 6) is -0.147. The number of halogens is 1. The largest absolute Gasteiger partial charge is 0.340 e. The fraction of sp³-hybridized carbons (Fsp3) is 0.538. The van der Waals surface area contributed by atoms with Gasteiger partial charge in [0.25, 0.3) is 0 Å². The van der Waals surface area contributed by atoms with E-state index >= 15 is 0 Å². The first-order valence-corrected chi connectivity index (χ1v) is 6.13. The van der Waals surface area contributed by atoms with Crippen LogP contribution in [0.1, 0.15) is 18.4 Å². The van der Waals surface area contributed by atoms with Gasteiger partial charge < -0.3 is 10.2 Å². The molecule has 0 atom stereocenters. The highest BCUT2D eigenvalue weighted by Gasteiger charge is 2.21. The number of rotatable bonds is 3. The summed E-state index contributed by atoms with van der Waals surface area (Å²) in [5, 5.41) is 2.40. The van der Waals surface area contributed by atoms with Gasteiger partial charge in [0.15, 0.2) is 0 Å². The first kappa shape index (κ1) is 11.6. The van der Waals surface area contributed by atoms with Crippen LogP contribution in [0.15, 0.2) is 24.3 Å². The average molecular weight is 224 g/mol. The Morgan fingerprint density at radius 2 is 1.88 bits per heavy atom. The van der Waals surface area contributed by atoms with Gasteiger partial charge in [0.2, 0.25) is 0 Å². The normalized spacial score (nSPS) is 25.6. The van der Waals surface area contributed by atoms with Crippen molar-refractivity contribution in [1.29, 1.82) is 0 Å². The molecule has 0 bridgehead atoms. The predicted molar refractivity (Wildman–Crippen MR) is 61.7 cm³/mol. The van der Waals surface area contributed by atoms with Crippen molar-refractivity contribution in [3.05, 3.63) is 35.6 Å². The van der Waals surface area contributed by atoms with Gasteiger partial charge in [-0.1, -0.05) is 12.1 Å². The van der Waals surface area contributed by atoms with E-state index in [9.17, 15) is 4.39 Å². The standard InChI is InChI=1S/C13H19FN2/c1-16-8-6-13(7-9-16)15-10-11-2-4-12(14)5-3-11/h2-5,13,15H,6-10H2,1H3/p+2. The lowest BCUT2D eigenvalue weighted by atomic mass is 10.1. The van der Waals surface area contributed by atoms with Crippen LogP contribution in [0, 0.1) is 5.82 Å². The molecule has 0 saturated carbocycles. The highest BCUT2D eigenvalue weighted by atomic mass is 19.1. The van der Waals surface area contributed by atoms with Crippen molar-refractivity contribution < 1.29 is 14.6 Å². The smallest absolute Gasteiger partial charge is 0.123 e. The second kappa shape index (κ2) is 5.41. The van der Waals surface area contributed by atoms with E-state index in [0.29, 0.717) is 0 Å². The molecule has 2 nitrogen and oxygen atoms in total. The molecule has 3 N–H and O–H groups in total. The van der Waals surface area contributed by atoms with E-state index in [2.05, 4.69) is 12.4 Å². The second-order valence-corrected chi connectivity index (χ2v) is 4.86. The third-order valence-electron chi connectivity index (χ3n) is 3.48. The number of nitrogens with two attached hydrogens (primary N) is 1. The van der Waals surface area contributed by atoms with Crippen molar-refractivity contribution in [2.75, 3.05) is 20.1 Å². The fourth-order valence-electron chi connectivity index (χ4n) is 2.29. The number of likely N-dealkylation sites (tertiary alicyclic amines) is 1. The molecule has 1 aliphatic heterocycles. The number of piperidine rings is 1. The Hall–Kier alpha value is -0.930. The molecule has 0 aliphatic carbocycles. The molecule has 0 radical (unpaired) electrons. The zero-order valence-corrected chi connectivity index (χ0v) is 9.88. The first-order chi connectivity index (χ1) is 7.74.